The van der Waals surface area contributed by atoms with Gasteiger partial charge in [-0.25, -0.2) is 19.6 Å². The summed E-state index contributed by atoms with van der Waals surface area (Å²) < 4.78 is 1.37. The first-order valence-corrected chi connectivity index (χ1v) is 4.90. The number of aromatic nitrogens is 5. The molecule has 0 unspecified atom stereocenters. The number of nitrogens with zero attached hydrogens (tertiary/aromatic N) is 5. The van der Waals surface area contributed by atoms with E-state index in [1.165, 1.54) is 17.3 Å². The molecule has 0 aliphatic heterocycles. The van der Waals surface area contributed by atoms with Crippen molar-refractivity contribution in [3.63, 3.8) is 0 Å². The van der Waals surface area contributed by atoms with Gasteiger partial charge in [-0.05, 0) is 6.07 Å². The maximum absolute atomic E-state index is 11.5. The lowest BCUT2D eigenvalue weighted by Crippen LogP contribution is -2.27. The second kappa shape index (κ2) is 5.01. The molecule has 2 heterocycles. The summed E-state index contributed by atoms with van der Waals surface area (Å²) in [6.07, 6.45) is 4.45. The number of rotatable bonds is 4. The molecule has 2 aromatic heterocycles. The molecule has 0 aliphatic rings. The van der Waals surface area contributed by atoms with Crippen molar-refractivity contribution in [1.82, 2.24) is 30.0 Å². The topological polar surface area (TPSA) is 112 Å². The molecule has 0 saturated carbocycles. The first-order chi connectivity index (χ1) is 8.24. The molecule has 3 N–H and O–H groups in total. The number of nitrogens with one attached hydrogen (secondary N) is 1. The minimum atomic E-state index is -0.187. The molecule has 0 radical (unpaired) electrons. The van der Waals surface area contributed by atoms with Gasteiger partial charge in [0, 0.05) is 6.20 Å². The first kappa shape index (κ1) is 11.0. The van der Waals surface area contributed by atoms with Crippen molar-refractivity contribution in [2.75, 3.05) is 5.73 Å². The van der Waals surface area contributed by atoms with E-state index in [9.17, 15) is 4.79 Å². The molecule has 8 nitrogen and oxygen atoms in total. The van der Waals surface area contributed by atoms with E-state index in [1.807, 2.05) is 0 Å². The molecule has 2 rings (SSSR count). The Bertz CT molecular complexity index is 495. The van der Waals surface area contributed by atoms with E-state index in [0.29, 0.717) is 6.54 Å². The Kier molecular flexibility index (Phi) is 3.24. The van der Waals surface area contributed by atoms with Crippen molar-refractivity contribution >= 4 is 11.9 Å². The van der Waals surface area contributed by atoms with Gasteiger partial charge < -0.3 is 11.1 Å². The molecule has 0 atom stereocenters. The van der Waals surface area contributed by atoms with Gasteiger partial charge in [-0.3, -0.25) is 4.79 Å². The Morgan fingerprint density at radius 2 is 2.35 bits per heavy atom. The van der Waals surface area contributed by atoms with Crippen LogP contribution in [0.2, 0.25) is 0 Å². The second-order valence-corrected chi connectivity index (χ2v) is 3.28. The summed E-state index contributed by atoms with van der Waals surface area (Å²) in [4.78, 5) is 23.0. The number of anilines is 1. The second-order valence-electron chi connectivity index (χ2n) is 3.28. The molecule has 0 saturated heterocycles. The highest BCUT2D eigenvalue weighted by molar-refractivity contribution is 5.75. The van der Waals surface area contributed by atoms with Crippen LogP contribution in [0.4, 0.5) is 5.95 Å². The zero-order chi connectivity index (χ0) is 12.1. The van der Waals surface area contributed by atoms with Gasteiger partial charge in [0.1, 0.15) is 19.2 Å². The van der Waals surface area contributed by atoms with Gasteiger partial charge in [-0.1, -0.05) is 0 Å². The predicted molar refractivity (Wildman–Crippen MR) is 58.3 cm³/mol. The summed E-state index contributed by atoms with van der Waals surface area (Å²) in [5.74, 6) is -0.0397. The zero-order valence-electron chi connectivity index (χ0n) is 8.95. The third-order valence-corrected chi connectivity index (χ3v) is 1.97. The molecule has 2 aromatic rings. The van der Waals surface area contributed by atoms with Crippen LogP contribution in [0.15, 0.2) is 24.9 Å². The molecule has 0 aromatic carbocycles. The largest absolute Gasteiger partial charge is 0.367 e. The van der Waals surface area contributed by atoms with Gasteiger partial charge >= 0.3 is 0 Å². The Hall–Kier alpha value is -2.51. The molecular weight excluding hydrogens is 222 g/mol. The zero-order valence-corrected chi connectivity index (χ0v) is 8.95. The molecule has 88 valence electrons. The summed E-state index contributed by atoms with van der Waals surface area (Å²) in [5.41, 5.74) is 6.07. The lowest BCUT2D eigenvalue weighted by Gasteiger charge is -2.03. The van der Waals surface area contributed by atoms with E-state index in [1.54, 1.807) is 12.3 Å². The van der Waals surface area contributed by atoms with Crippen LogP contribution in [-0.4, -0.2) is 30.6 Å². The number of carbonyl (C=O) groups is 1. The van der Waals surface area contributed by atoms with E-state index >= 15 is 0 Å². The van der Waals surface area contributed by atoms with E-state index in [4.69, 9.17) is 5.73 Å². The van der Waals surface area contributed by atoms with Crippen LogP contribution in [0, 0.1) is 0 Å². The van der Waals surface area contributed by atoms with E-state index in [-0.39, 0.29) is 18.4 Å². The van der Waals surface area contributed by atoms with Crippen LogP contribution < -0.4 is 11.1 Å². The quantitative estimate of drug-likeness (QED) is 0.698. The number of nitrogens with two attached hydrogens (primary N) is 1. The van der Waals surface area contributed by atoms with Gasteiger partial charge in [-0.15, -0.1) is 5.10 Å². The summed E-state index contributed by atoms with van der Waals surface area (Å²) in [5, 5.41) is 6.50. The van der Waals surface area contributed by atoms with Crippen LogP contribution in [0.25, 0.3) is 0 Å². The predicted octanol–water partition coefficient (Wildman–Crippen LogP) is -1.03. The fourth-order valence-electron chi connectivity index (χ4n) is 1.20. The van der Waals surface area contributed by atoms with Crippen molar-refractivity contribution < 1.29 is 4.79 Å². The summed E-state index contributed by atoms with van der Waals surface area (Å²) in [6.45, 7) is 0.431. The highest BCUT2D eigenvalue weighted by Crippen LogP contribution is 1.92. The van der Waals surface area contributed by atoms with Crippen LogP contribution in [0.3, 0.4) is 0 Å². The monoisotopic (exact) mass is 233 g/mol. The number of nitrogen functional groups attached to an aromatic ring is 1. The van der Waals surface area contributed by atoms with Crippen LogP contribution in [0.1, 0.15) is 5.69 Å². The van der Waals surface area contributed by atoms with Gasteiger partial charge in [0.15, 0.2) is 0 Å². The number of hydrogen-bond donors (Lipinski definition) is 2. The summed E-state index contributed by atoms with van der Waals surface area (Å²) >= 11 is 0. The molecule has 1 amide bonds. The molecular formula is C9H11N7O. The number of amides is 1. The number of carbonyl (C=O) groups excluding carboxylic acids is 1. The Morgan fingerprint density at radius 3 is 3.00 bits per heavy atom. The minimum Gasteiger partial charge on any atom is -0.367 e. The highest BCUT2D eigenvalue weighted by Gasteiger charge is 2.04. The summed E-state index contributed by atoms with van der Waals surface area (Å²) in [6, 6.07) is 1.73. The molecule has 8 heteroatoms. The van der Waals surface area contributed by atoms with Gasteiger partial charge in [0.2, 0.25) is 11.9 Å². The SMILES string of the molecule is Nc1ncn(CC(=O)NCc2ccncn2)n1. The highest BCUT2D eigenvalue weighted by atomic mass is 16.2. The van der Waals surface area contributed by atoms with Gasteiger partial charge in [0.25, 0.3) is 0 Å². The van der Waals surface area contributed by atoms with Crippen molar-refractivity contribution in [2.45, 2.75) is 13.1 Å². The Labute approximate surface area is 96.9 Å². The molecule has 0 aliphatic carbocycles. The third kappa shape index (κ3) is 3.23. The fourth-order valence-corrected chi connectivity index (χ4v) is 1.20. The lowest BCUT2D eigenvalue weighted by atomic mass is 10.4. The minimum absolute atomic E-state index is 0.0787. The lowest BCUT2D eigenvalue weighted by molar-refractivity contribution is -0.122. The van der Waals surface area contributed by atoms with Crippen LogP contribution in [0.5, 0.6) is 0 Å². The van der Waals surface area contributed by atoms with E-state index < -0.39 is 0 Å². The van der Waals surface area contributed by atoms with Gasteiger partial charge in [-0.2, -0.15) is 0 Å². The Morgan fingerprint density at radius 1 is 1.47 bits per heavy atom. The Balaban J connectivity index is 1.82. The summed E-state index contributed by atoms with van der Waals surface area (Å²) in [7, 11) is 0. The van der Waals surface area contributed by atoms with Crippen molar-refractivity contribution in [1.29, 1.82) is 0 Å². The van der Waals surface area contributed by atoms with Crippen LogP contribution in [-0.2, 0) is 17.9 Å². The number of hydrogen-bond acceptors (Lipinski definition) is 6. The molecule has 0 spiro atoms. The standard InChI is InChI=1S/C9H11N7O/c10-9-14-6-16(15-9)4-8(17)12-3-7-1-2-11-5-13-7/h1-2,5-6H,3-4H2,(H2,10,15)(H,12,17). The smallest absolute Gasteiger partial charge is 0.242 e. The normalized spacial score (nSPS) is 10.1. The van der Waals surface area contributed by atoms with E-state index in [2.05, 4.69) is 25.4 Å². The average molecular weight is 233 g/mol. The fraction of sp³-hybridized carbons (Fsp3) is 0.222. The maximum Gasteiger partial charge on any atom is 0.242 e. The average Bonchev–Trinajstić information content (AvgIpc) is 2.73. The molecule has 0 fully saturated rings. The molecule has 0 bridgehead atoms. The third-order valence-electron chi connectivity index (χ3n) is 1.97. The van der Waals surface area contributed by atoms with Crippen LogP contribution >= 0.6 is 0 Å². The van der Waals surface area contributed by atoms with Crippen molar-refractivity contribution in [3.8, 4) is 0 Å². The van der Waals surface area contributed by atoms with Gasteiger partial charge in [0.05, 0.1) is 12.2 Å². The van der Waals surface area contributed by atoms with Crippen molar-refractivity contribution in [3.05, 3.63) is 30.6 Å². The molecule has 17 heavy (non-hydrogen) atoms. The van der Waals surface area contributed by atoms with E-state index in [0.717, 1.165) is 5.69 Å². The maximum atomic E-state index is 11.5. The first-order valence-electron chi connectivity index (χ1n) is 4.90. The van der Waals surface area contributed by atoms with Crippen molar-refractivity contribution in [2.24, 2.45) is 0 Å².